The largest absolute Gasteiger partial charge is 0.357 e. The molecule has 1 atom stereocenters. The third-order valence-electron chi connectivity index (χ3n) is 4.78. The molecule has 0 spiro atoms. The monoisotopic (exact) mass is 404 g/mol. The van der Waals surface area contributed by atoms with E-state index in [0.717, 1.165) is 10.0 Å². The van der Waals surface area contributed by atoms with Crippen LogP contribution < -0.4 is 5.32 Å². The van der Waals surface area contributed by atoms with Crippen molar-refractivity contribution < 1.29 is 9.59 Å². The highest BCUT2D eigenvalue weighted by Crippen LogP contribution is 2.44. The Morgan fingerprint density at radius 3 is 2.31 bits per heavy atom. The van der Waals surface area contributed by atoms with E-state index < -0.39 is 17.5 Å². The number of fused-ring (bicyclic) bond motifs is 2. The number of nitrogens with one attached hydrogen (secondary N) is 1. The van der Waals surface area contributed by atoms with Gasteiger partial charge in [0, 0.05) is 26.9 Å². The molecule has 1 aliphatic carbocycles. The van der Waals surface area contributed by atoms with E-state index in [0.29, 0.717) is 33.7 Å². The lowest BCUT2D eigenvalue weighted by Gasteiger charge is -2.33. The Balaban J connectivity index is 2.01. The van der Waals surface area contributed by atoms with Crippen molar-refractivity contribution in [1.82, 2.24) is 5.32 Å². The fraction of sp³-hybridized carbons (Fsp3) is 0.0952. The van der Waals surface area contributed by atoms with E-state index in [2.05, 4.69) is 27.3 Å². The Morgan fingerprint density at radius 1 is 1.00 bits per heavy atom. The van der Waals surface area contributed by atoms with Crippen molar-refractivity contribution in [1.29, 1.82) is 5.26 Å². The lowest BCUT2D eigenvalue weighted by molar-refractivity contribution is -0.112. The number of carbonyl (C=O) groups is 2. The summed E-state index contributed by atoms with van der Waals surface area (Å²) < 4.78 is 0.903. The van der Waals surface area contributed by atoms with Crippen LogP contribution in [0.5, 0.6) is 0 Å². The summed E-state index contributed by atoms with van der Waals surface area (Å²) in [7, 11) is 0. The molecule has 1 heterocycles. The molecule has 0 bridgehead atoms. The van der Waals surface area contributed by atoms with Gasteiger partial charge in [0.2, 0.25) is 11.6 Å². The second kappa shape index (κ2) is 6.08. The summed E-state index contributed by atoms with van der Waals surface area (Å²) in [5, 5.41) is 12.9. The molecule has 2 aromatic carbocycles. The summed E-state index contributed by atoms with van der Waals surface area (Å²) in [6, 6.07) is 16.8. The molecule has 1 aliphatic heterocycles. The van der Waals surface area contributed by atoms with E-state index in [1.165, 1.54) is 0 Å². The zero-order valence-corrected chi connectivity index (χ0v) is 15.4. The molecule has 1 unspecified atom stereocenters. The summed E-state index contributed by atoms with van der Waals surface area (Å²) in [6.07, 6.45) is 0. The van der Waals surface area contributed by atoms with Gasteiger partial charge in [-0.2, -0.15) is 5.26 Å². The topological polar surface area (TPSA) is 70.0 Å². The minimum absolute atomic E-state index is 0.346. The molecule has 4 rings (SSSR count). The number of hydrogen-bond donors (Lipinski definition) is 1. The van der Waals surface area contributed by atoms with Crippen molar-refractivity contribution in [2.45, 2.75) is 12.8 Å². The molecule has 2 aromatic rings. The lowest BCUT2D eigenvalue weighted by Crippen LogP contribution is -2.35. The van der Waals surface area contributed by atoms with Crippen LogP contribution in [-0.4, -0.2) is 11.6 Å². The predicted octanol–water partition coefficient (Wildman–Crippen LogP) is 4.11. The number of dihydropyridines is 1. The van der Waals surface area contributed by atoms with Gasteiger partial charge in [-0.1, -0.05) is 52.3 Å². The van der Waals surface area contributed by atoms with Crippen LogP contribution in [0.2, 0.25) is 0 Å². The van der Waals surface area contributed by atoms with Gasteiger partial charge < -0.3 is 5.32 Å². The molecule has 0 saturated carbocycles. The van der Waals surface area contributed by atoms with Crippen LogP contribution in [0.3, 0.4) is 0 Å². The quantitative estimate of drug-likeness (QED) is 0.725. The number of halogens is 1. The van der Waals surface area contributed by atoms with Gasteiger partial charge in [-0.05, 0) is 24.6 Å². The molecular weight excluding hydrogens is 392 g/mol. The van der Waals surface area contributed by atoms with Crippen molar-refractivity contribution in [3.63, 3.8) is 0 Å². The van der Waals surface area contributed by atoms with Gasteiger partial charge in [-0.15, -0.1) is 0 Å². The van der Waals surface area contributed by atoms with E-state index in [4.69, 9.17) is 0 Å². The molecule has 0 amide bonds. The summed E-state index contributed by atoms with van der Waals surface area (Å²) in [6.45, 7) is 1.82. The van der Waals surface area contributed by atoms with Crippen LogP contribution in [0.15, 0.2) is 69.8 Å². The summed E-state index contributed by atoms with van der Waals surface area (Å²) in [5.74, 6) is -1.64. The van der Waals surface area contributed by atoms with Gasteiger partial charge in [0.25, 0.3) is 0 Å². The Bertz CT molecular complexity index is 1070. The Kier molecular flexibility index (Phi) is 3.86. The molecule has 5 heteroatoms. The molecule has 0 aromatic heterocycles. The van der Waals surface area contributed by atoms with Crippen LogP contribution in [0.4, 0.5) is 0 Å². The van der Waals surface area contributed by atoms with E-state index >= 15 is 0 Å². The number of nitriles is 1. The average Bonchev–Trinajstić information content (AvgIpc) is 2.66. The van der Waals surface area contributed by atoms with E-state index in [9.17, 15) is 14.9 Å². The highest BCUT2D eigenvalue weighted by Gasteiger charge is 2.41. The van der Waals surface area contributed by atoms with Crippen molar-refractivity contribution in [2.24, 2.45) is 0 Å². The molecule has 126 valence electrons. The fourth-order valence-electron chi connectivity index (χ4n) is 3.57. The molecular formula is C21H13BrN2O2. The number of allylic oxidation sites excluding steroid dienone is 3. The maximum Gasteiger partial charge on any atom is 0.233 e. The second-order valence-corrected chi connectivity index (χ2v) is 7.17. The third-order valence-corrected chi connectivity index (χ3v) is 5.31. The van der Waals surface area contributed by atoms with Crippen LogP contribution >= 0.6 is 15.9 Å². The van der Waals surface area contributed by atoms with Crippen LogP contribution in [0, 0.1) is 11.3 Å². The first-order valence-corrected chi connectivity index (χ1v) is 8.88. The van der Waals surface area contributed by atoms with Crippen molar-refractivity contribution in [2.75, 3.05) is 0 Å². The lowest BCUT2D eigenvalue weighted by atomic mass is 9.73. The van der Waals surface area contributed by atoms with Gasteiger partial charge in [0.05, 0.1) is 23.3 Å². The van der Waals surface area contributed by atoms with Gasteiger partial charge in [-0.25, -0.2) is 0 Å². The predicted molar refractivity (Wildman–Crippen MR) is 101 cm³/mol. The molecule has 1 N–H and O–H groups in total. The van der Waals surface area contributed by atoms with Crippen LogP contribution in [0.25, 0.3) is 5.70 Å². The van der Waals surface area contributed by atoms with Gasteiger partial charge in [0.1, 0.15) is 0 Å². The average molecular weight is 405 g/mol. The standard InChI is InChI=1S/C21H13BrN2O2/c1-11-16(10-23)17(12-6-8-13(22)9-7-12)18-19(24-11)14-4-2-3-5-15(14)20(25)21(18)26/h2-9,17,24H,1H3. The molecule has 4 nitrogen and oxygen atoms in total. The smallest absolute Gasteiger partial charge is 0.233 e. The first-order valence-electron chi connectivity index (χ1n) is 8.09. The normalized spacial score (nSPS) is 18.9. The fourth-order valence-corrected chi connectivity index (χ4v) is 3.83. The first kappa shape index (κ1) is 16.5. The molecule has 0 fully saturated rings. The first-order chi connectivity index (χ1) is 12.5. The van der Waals surface area contributed by atoms with Gasteiger partial charge in [0.15, 0.2) is 0 Å². The summed E-state index contributed by atoms with van der Waals surface area (Å²) in [5.41, 5.74) is 4.01. The minimum atomic E-state index is -0.561. The Labute approximate surface area is 159 Å². The van der Waals surface area contributed by atoms with E-state index in [-0.39, 0.29) is 0 Å². The number of benzene rings is 2. The third kappa shape index (κ3) is 2.34. The number of rotatable bonds is 1. The Morgan fingerprint density at radius 2 is 1.65 bits per heavy atom. The molecule has 0 radical (unpaired) electrons. The maximum atomic E-state index is 13.0. The van der Waals surface area contributed by atoms with Crippen LogP contribution in [-0.2, 0) is 4.79 Å². The number of carbonyl (C=O) groups excluding carboxylic acids is 2. The van der Waals surface area contributed by atoms with Crippen LogP contribution in [0.1, 0.15) is 34.3 Å². The number of hydrogen-bond acceptors (Lipinski definition) is 4. The number of nitrogens with zero attached hydrogens (tertiary/aromatic N) is 1. The van der Waals surface area contributed by atoms with Crippen molar-refractivity contribution in [3.8, 4) is 6.07 Å². The SMILES string of the molecule is CC1=C(C#N)C(c2ccc(Br)cc2)C2=C(N1)c1ccccc1C(=O)C2=O. The molecule has 0 saturated heterocycles. The number of ketones is 2. The highest BCUT2D eigenvalue weighted by molar-refractivity contribution is 9.10. The Hall–Kier alpha value is -2.97. The highest BCUT2D eigenvalue weighted by atomic mass is 79.9. The van der Waals surface area contributed by atoms with E-state index in [1.54, 1.807) is 12.1 Å². The van der Waals surface area contributed by atoms with Gasteiger partial charge >= 0.3 is 0 Å². The zero-order valence-electron chi connectivity index (χ0n) is 13.8. The summed E-state index contributed by atoms with van der Waals surface area (Å²) >= 11 is 3.40. The zero-order chi connectivity index (χ0) is 18.4. The summed E-state index contributed by atoms with van der Waals surface area (Å²) in [4.78, 5) is 25.6. The van der Waals surface area contributed by atoms with Crippen molar-refractivity contribution >= 4 is 33.2 Å². The molecule has 26 heavy (non-hydrogen) atoms. The number of Topliss-reactive ketones (excluding diaryl/α,β-unsaturated/α-hetero) is 2. The van der Waals surface area contributed by atoms with Crippen molar-refractivity contribution in [3.05, 3.63) is 86.5 Å². The minimum Gasteiger partial charge on any atom is -0.357 e. The van der Waals surface area contributed by atoms with Gasteiger partial charge in [-0.3, -0.25) is 9.59 Å². The molecule has 2 aliphatic rings. The second-order valence-electron chi connectivity index (χ2n) is 6.25. The maximum absolute atomic E-state index is 13.0. The van der Waals surface area contributed by atoms with E-state index in [1.807, 2.05) is 43.3 Å².